The predicted molar refractivity (Wildman–Crippen MR) is 134 cm³/mol. The maximum absolute atomic E-state index is 13.7. The molecule has 3 aromatic rings. The third-order valence-electron chi connectivity index (χ3n) is 8.59. The van der Waals surface area contributed by atoms with Crippen molar-refractivity contribution in [1.29, 1.82) is 0 Å². The van der Waals surface area contributed by atoms with Gasteiger partial charge >= 0.3 is 11.0 Å². The number of thioether (sulfide) groups is 1. The van der Waals surface area contributed by atoms with Crippen molar-refractivity contribution < 1.29 is 22.8 Å². The van der Waals surface area contributed by atoms with Crippen LogP contribution in [0, 0.1) is 36.5 Å². The second kappa shape index (κ2) is 7.83. The van der Waals surface area contributed by atoms with Gasteiger partial charge in [-0.1, -0.05) is 47.2 Å². The second-order valence-electron chi connectivity index (χ2n) is 10.4. The molecule has 10 heteroatoms. The number of aromatic nitrogens is 1. The first kappa shape index (κ1) is 23.3. The monoisotopic (exact) mass is 542 g/mol. The Balaban J connectivity index is 1.30. The number of amides is 2. The van der Waals surface area contributed by atoms with Crippen molar-refractivity contribution in [2.75, 3.05) is 4.90 Å². The lowest BCUT2D eigenvalue weighted by Crippen LogP contribution is -2.42. The van der Waals surface area contributed by atoms with E-state index in [9.17, 15) is 27.6 Å². The van der Waals surface area contributed by atoms with E-state index in [-0.39, 0.29) is 39.5 Å². The number of rotatable bonds is 2. The van der Waals surface area contributed by atoms with Gasteiger partial charge in [0.25, 0.3) is 0 Å². The fourth-order valence-electron chi connectivity index (χ4n) is 7.24. The first-order valence-electron chi connectivity index (χ1n) is 12.1. The van der Waals surface area contributed by atoms with Crippen LogP contribution in [0.15, 0.2) is 58.4 Å². The number of nitrogens with zero attached hydrogens (tertiary/aromatic N) is 1. The van der Waals surface area contributed by atoms with E-state index in [4.69, 9.17) is 0 Å². The number of thiazole rings is 1. The molecule has 2 aromatic carbocycles. The van der Waals surface area contributed by atoms with Crippen molar-refractivity contribution in [2.45, 2.75) is 35.7 Å². The highest BCUT2D eigenvalue weighted by atomic mass is 32.2. The number of nitrogens with one attached hydrogen (secondary N) is 1. The van der Waals surface area contributed by atoms with E-state index in [0.29, 0.717) is 0 Å². The van der Waals surface area contributed by atoms with Gasteiger partial charge in [-0.15, -0.1) is 11.8 Å². The minimum absolute atomic E-state index is 0.0206. The van der Waals surface area contributed by atoms with Crippen molar-refractivity contribution in [2.24, 2.45) is 29.6 Å². The van der Waals surface area contributed by atoms with Crippen LogP contribution in [0.25, 0.3) is 0 Å². The Morgan fingerprint density at radius 3 is 2.38 bits per heavy atom. The van der Waals surface area contributed by atoms with Gasteiger partial charge in [0.05, 0.1) is 28.1 Å². The van der Waals surface area contributed by atoms with Gasteiger partial charge in [-0.3, -0.25) is 19.3 Å². The number of halogens is 3. The van der Waals surface area contributed by atoms with Gasteiger partial charge in [-0.25, -0.2) is 0 Å². The van der Waals surface area contributed by atoms with E-state index in [1.165, 1.54) is 23.5 Å². The summed E-state index contributed by atoms with van der Waals surface area (Å²) in [7, 11) is 0. The number of carbonyl (C=O) groups is 2. The molecule has 3 heterocycles. The van der Waals surface area contributed by atoms with Gasteiger partial charge in [0, 0.05) is 16.0 Å². The van der Waals surface area contributed by atoms with Crippen molar-refractivity contribution in [3.63, 3.8) is 0 Å². The molecule has 7 rings (SSSR count). The summed E-state index contributed by atoms with van der Waals surface area (Å²) in [5.74, 6) is -2.11. The molecule has 1 aromatic heterocycles. The maximum atomic E-state index is 13.7. The fraction of sp³-hybridized carbons (Fsp3) is 0.370. The molecule has 5 nitrogen and oxygen atoms in total. The number of alkyl halides is 3. The molecule has 3 fully saturated rings. The number of carbonyl (C=O) groups excluding carboxylic acids is 2. The number of aromatic amines is 1. The molecule has 190 valence electrons. The van der Waals surface area contributed by atoms with Crippen LogP contribution in [0.5, 0.6) is 0 Å². The number of H-pyrrole nitrogens is 1. The summed E-state index contributed by atoms with van der Waals surface area (Å²) >= 11 is 2.79. The first-order valence-corrected chi connectivity index (χ1v) is 13.8. The van der Waals surface area contributed by atoms with Gasteiger partial charge in [-0.2, -0.15) is 13.2 Å². The molecule has 4 aliphatic rings. The van der Waals surface area contributed by atoms with Gasteiger partial charge in [-0.05, 0) is 54.9 Å². The Bertz CT molecular complexity index is 1510. The van der Waals surface area contributed by atoms with E-state index in [1.54, 1.807) is 11.8 Å². The number of imide groups is 1. The smallest absolute Gasteiger partial charge is 0.307 e. The van der Waals surface area contributed by atoms with E-state index < -0.39 is 35.4 Å². The molecule has 2 bridgehead atoms. The average Bonchev–Trinajstić information content (AvgIpc) is 3.58. The summed E-state index contributed by atoms with van der Waals surface area (Å²) in [6.07, 6.45) is -3.84. The molecule has 7 atom stereocenters. The molecule has 1 N–H and O–H groups in total. The average molecular weight is 543 g/mol. The van der Waals surface area contributed by atoms with Crippen molar-refractivity contribution >= 4 is 40.6 Å². The first-order chi connectivity index (χ1) is 17.6. The highest BCUT2D eigenvalue weighted by Gasteiger charge is 2.69. The third-order valence-corrected chi connectivity index (χ3v) is 11.2. The topological polar surface area (TPSA) is 70.2 Å². The largest absolute Gasteiger partial charge is 0.416 e. The van der Waals surface area contributed by atoms with Crippen LogP contribution in [0.4, 0.5) is 18.9 Å². The Morgan fingerprint density at radius 2 is 1.68 bits per heavy atom. The SMILES string of the molecule is Cc1ccc([C@@H]2c3sc(=O)[nH]c3S[C@@H]3[C@H]4C[C@@H]([C@@H]5C(=O)N(c6cccc(C(F)(F)F)c6)C(=O)[C@H]45)[C@H]23)cc1. The van der Waals surface area contributed by atoms with E-state index in [1.807, 2.05) is 19.1 Å². The van der Waals surface area contributed by atoms with Crippen LogP contribution < -0.4 is 9.77 Å². The number of hydrogen-bond donors (Lipinski definition) is 1. The lowest BCUT2D eigenvalue weighted by Gasteiger charge is -2.43. The van der Waals surface area contributed by atoms with Crippen molar-refractivity contribution in [1.82, 2.24) is 4.98 Å². The molecule has 0 radical (unpaired) electrons. The molecule has 2 amide bonds. The van der Waals surface area contributed by atoms with Gasteiger partial charge in [0.15, 0.2) is 0 Å². The predicted octanol–water partition coefficient (Wildman–Crippen LogP) is 5.44. The highest BCUT2D eigenvalue weighted by Crippen LogP contribution is 2.68. The van der Waals surface area contributed by atoms with Crippen LogP contribution in [0.2, 0.25) is 0 Å². The summed E-state index contributed by atoms with van der Waals surface area (Å²) in [5.41, 5.74) is 1.29. The fourth-order valence-corrected chi connectivity index (χ4v) is 10.1. The second-order valence-corrected chi connectivity index (χ2v) is 12.6. The zero-order valence-corrected chi connectivity index (χ0v) is 21.1. The van der Waals surface area contributed by atoms with Crippen molar-refractivity contribution in [3.05, 3.63) is 79.8 Å². The molecule has 2 aliphatic carbocycles. The number of anilines is 1. The summed E-state index contributed by atoms with van der Waals surface area (Å²) < 4.78 is 40.1. The van der Waals surface area contributed by atoms with E-state index in [2.05, 4.69) is 17.1 Å². The standard InChI is InChI=1S/C27H21F3N2O3S2/c1-11-5-7-12(8-6-11)17-18-15-10-16(21(18)36-23-22(17)37-26(35)31-23)20-19(15)24(33)32(25(20)34)14-4-2-3-13(9-14)27(28,29)30/h2-9,15-21H,10H2,1H3,(H,31,35)/t15-,16+,17+,18-,19+,20-,21-/m1/s1. The van der Waals surface area contributed by atoms with Crippen LogP contribution in [-0.4, -0.2) is 22.0 Å². The summed E-state index contributed by atoms with van der Waals surface area (Å²) in [6, 6.07) is 12.7. The lowest BCUT2D eigenvalue weighted by molar-refractivity contribution is -0.137. The number of hydrogen-bond acceptors (Lipinski definition) is 5. The molecule has 0 spiro atoms. The third kappa shape index (κ3) is 3.27. The summed E-state index contributed by atoms with van der Waals surface area (Å²) in [4.78, 5) is 44.5. The van der Waals surface area contributed by atoms with Crippen LogP contribution >= 0.6 is 23.1 Å². The molecular weight excluding hydrogens is 521 g/mol. The van der Waals surface area contributed by atoms with Crippen LogP contribution in [0.3, 0.4) is 0 Å². The Morgan fingerprint density at radius 1 is 0.973 bits per heavy atom. The van der Waals surface area contributed by atoms with Crippen LogP contribution in [0.1, 0.15) is 33.9 Å². The maximum Gasteiger partial charge on any atom is 0.416 e. The number of benzene rings is 2. The van der Waals surface area contributed by atoms with Gasteiger partial charge in [0.1, 0.15) is 0 Å². The Kier molecular flexibility index (Phi) is 4.93. The van der Waals surface area contributed by atoms with Crippen LogP contribution in [-0.2, 0) is 15.8 Å². The Hall–Kier alpha value is -2.85. The summed E-state index contributed by atoms with van der Waals surface area (Å²) in [5, 5.41) is 0.867. The highest BCUT2D eigenvalue weighted by molar-refractivity contribution is 8.00. The number of aryl methyl sites for hydroxylation is 1. The zero-order valence-electron chi connectivity index (χ0n) is 19.5. The molecule has 0 unspecified atom stereocenters. The molecule has 2 aliphatic heterocycles. The molecule has 37 heavy (non-hydrogen) atoms. The quantitative estimate of drug-likeness (QED) is 0.438. The summed E-state index contributed by atoms with van der Waals surface area (Å²) in [6.45, 7) is 2.01. The van der Waals surface area contributed by atoms with E-state index >= 15 is 0 Å². The minimum atomic E-state index is -4.57. The van der Waals surface area contributed by atoms with E-state index in [0.717, 1.165) is 44.5 Å². The number of fused-ring (bicyclic) bond motifs is 9. The minimum Gasteiger partial charge on any atom is -0.307 e. The molecule has 2 saturated carbocycles. The normalized spacial score (nSPS) is 32.0. The zero-order chi connectivity index (χ0) is 25.8. The lowest BCUT2D eigenvalue weighted by atomic mass is 9.68. The molecule has 1 saturated heterocycles. The van der Waals surface area contributed by atoms with Crippen molar-refractivity contribution in [3.8, 4) is 0 Å². The molecular formula is C27H21F3N2O3S2. The van der Waals surface area contributed by atoms with Gasteiger partial charge < -0.3 is 4.98 Å². The Labute approximate surface area is 218 Å². The van der Waals surface area contributed by atoms with Gasteiger partial charge in [0.2, 0.25) is 11.8 Å².